The maximum Gasteiger partial charge on any atom is 0.340 e. The topological polar surface area (TPSA) is 124 Å². The molecule has 0 bridgehead atoms. The lowest BCUT2D eigenvalue weighted by Gasteiger charge is -2.17. The predicted molar refractivity (Wildman–Crippen MR) is 94.7 cm³/mol. The third kappa shape index (κ3) is 3.64. The van der Waals surface area contributed by atoms with Gasteiger partial charge in [-0.2, -0.15) is 10.2 Å². The molecule has 0 aromatic carbocycles. The van der Waals surface area contributed by atoms with Gasteiger partial charge in [0.1, 0.15) is 5.56 Å². The fraction of sp³-hybridized carbons (Fsp3) is 0.438. The average Bonchev–Trinajstić information content (AvgIpc) is 3.25. The molecule has 0 aliphatic rings. The van der Waals surface area contributed by atoms with Gasteiger partial charge in [0, 0.05) is 24.5 Å². The lowest BCUT2D eigenvalue weighted by Crippen LogP contribution is -2.27. The largest absolute Gasteiger partial charge is 0.342 e. The lowest BCUT2D eigenvalue weighted by molar-refractivity contribution is 0.0940. The van der Waals surface area contributed by atoms with E-state index >= 15 is 0 Å². The first kappa shape index (κ1) is 17.8. The highest BCUT2D eigenvalue weighted by Gasteiger charge is 2.18. The number of aromatic nitrogens is 6. The van der Waals surface area contributed by atoms with Crippen molar-refractivity contribution >= 4 is 11.6 Å². The van der Waals surface area contributed by atoms with E-state index in [0.29, 0.717) is 17.0 Å². The van der Waals surface area contributed by atoms with Gasteiger partial charge >= 0.3 is 5.69 Å². The standard InChI is InChI=1S/C16H22N8O2/c1-4-23(5-2)8-11-6-17-14-12(7-18-24(14)9-11)15(25)19-10(3)13-20-16(26)22-21-13/h6-7,9-10H,4-5,8H2,1-3H3,(H,19,25)(H2,20,21,22,26). The Morgan fingerprint density at radius 3 is 2.77 bits per heavy atom. The van der Waals surface area contributed by atoms with Crippen LogP contribution < -0.4 is 11.0 Å². The third-order valence-electron chi connectivity index (χ3n) is 4.23. The Labute approximate surface area is 149 Å². The van der Waals surface area contributed by atoms with Crippen LogP contribution in [0.2, 0.25) is 0 Å². The maximum absolute atomic E-state index is 12.5. The number of amides is 1. The monoisotopic (exact) mass is 358 g/mol. The van der Waals surface area contributed by atoms with Crippen molar-refractivity contribution in [1.82, 2.24) is 40.0 Å². The third-order valence-corrected chi connectivity index (χ3v) is 4.23. The first-order valence-corrected chi connectivity index (χ1v) is 8.51. The van der Waals surface area contributed by atoms with Crippen LogP contribution in [0.4, 0.5) is 0 Å². The minimum Gasteiger partial charge on any atom is -0.342 e. The van der Waals surface area contributed by atoms with E-state index in [2.05, 4.69) is 49.3 Å². The molecule has 1 atom stereocenters. The maximum atomic E-state index is 12.5. The molecule has 0 saturated carbocycles. The molecule has 3 rings (SSSR count). The summed E-state index contributed by atoms with van der Waals surface area (Å²) < 4.78 is 1.61. The zero-order chi connectivity index (χ0) is 18.7. The molecule has 3 N–H and O–H groups in total. The molecule has 3 aromatic rings. The van der Waals surface area contributed by atoms with Gasteiger partial charge < -0.3 is 5.32 Å². The lowest BCUT2D eigenvalue weighted by atomic mass is 10.2. The second kappa shape index (κ2) is 7.48. The van der Waals surface area contributed by atoms with Gasteiger partial charge in [0.25, 0.3) is 5.91 Å². The van der Waals surface area contributed by atoms with Gasteiger partial charge in [0.05, 0.1) is 12.2 Å². The number of nitrogens with zero attached hydrogens (tertiary/aromatic N) is 5. The number of hydrogen-bond acceptors (Lipinski definition) is 6. The molecule has 0 spiro atoms. The average molecular weight is 358 g/mol. The van der Waals surface area contributed by atoms with Crippen molar-refractivity contribution in [2.45, 2.75) is 33.4 Å². The zero-order valence-corrected chi connectivity index (χ0v) is 15.0. The van der Waals surface area contributed by atoms with Crippen LogP contribution in [0.15, 0.2) is 23.4 Å². The number of carbonyl (C=O) groups excluding carboxylic acids is 1. The molecule has 26 heavy (non-hydrogen) atoms. The van der Waals surface area contributed by atoms with Gasteiger partial charge in [-0.25, -0.2) is 19.4 Å². The number of nitrogens with one attached hydrogen (secondary N) is 3. The van der Waals surface area contributed by atoms with Crippen LogP contribution in [-0.2, 0) is 6.54 Å². The van der Waals surface area contributed by atoms with Gasteiger partial charge in [-0.05, 0) is 20.0 Å². The number of carbonyl (C=O) groups is 1. The van der Waals surface area contributed by atoms with Crippen LogP contribution in [0, 0.1) is 0 Å². The summed E-state index contributed by atoms with van der Waals surface area (Å²) in [6.07, 6.45) is 5.13. The van der Waals surface area contributed by atoms with Crippen molar-refractivity contribution in [3.8, 4) is 0 Å². The van der Waals surface area contributed by atoms with Crippen molar-refractivity contribution in [2.75, 3.05) is 13.1 Å². The Morgan fingerprint density at radius 1 is 1.35 bits per heavy atom. The number of H-pyrrole nitrogens is 2. The van der Waals surface area contributed by atoms with Gasteiger partial charge in [-0.15, -0.1) is 0 Å². The fourth-order valence-corrected chi connectivity index (χ4v) is 2.69. The molecule has 1 amide bonds. The molecule has 10 nitrogen and oxygen atoms in total. The van der Waals surface area contributed by atoms with Crippen molar-refractivity contribution in [3.05, 3.63) is 46.0 Å². The molecule has 3 aromatic heterocycles. The highest BCUT2D eigenvalue weighted by molar-refractivity contribution is 5.99. The molecule has 0 radical (unpaired) electrons. The quantitative estimate of drug-likeness (QED) is 0.564. The van der Waals surface area contributed by atoms with E-state index in [1.807, 2.05) is 6.20 Å². The molecular formula is C16H22N8O2. The highest BCUT2D eigenvalue weighted by atomic mass is 16.2. The minimum atomic E-state index is -0.460. The van der Waals surface area contributed by atoms with Crippen molar-refractivity contribution in [3.63, 3.8) is 0 Å². The van der Waals surface area contributed by atoms with Crippen LogP contribution in [0.1, 0.15) is 48.6 Å². The van der Waals surface area contributed by atoms with Crippen molar-refractivity contribution < 1.29 is 4.79 Å². The fourth-order valence-electron chi connectivity index (χ4n) is 2.69. The van der Waals surface area contributed by atoms with E-state index in [1.54, 1.807) is 17.6 Å². The van der Waals surface area contributed by atoms with Crippen LogP contribution in [0.3, 0.4) is 0 Å². The first-order valence-electron chi connectivity index (χ1n) is 8.51. The Hall–Kier alpha value is -3.01. The SMILES string of the molecule is CCN(CC)Cc1cnc2c(C(=O)NC(C)c3n[nH]c(=O)[nH]3)cnn2c1. The summed E-state index contributed by atoms with van der Waals surface area (Å²) in [6, 6.07) is -0.460. The Bertz CT molecular complexity index is 952. The molecule has 10 heteroatoms. The van der Waals surface area contributed by atoms with E-state index in [9.17, 15) is 9.59 Å². The first-order chi connectivity index (χ1) is 12.5. The van der Waals surface area contributed by atoms with E-state index in [-0.39, 0.29) is 5.91 Å². The van der Waals surface area contributed by atoms with E-state index in [1.165, 1.54) is 6.20 Å². The Morgan fingerprint density at radius 2 is 2.12 bits per heavy atom. The molecule has 0 fully saturated rings. The minimum absolute atomic E-state index is 0.333. The smallest absolute Gasteiger partial charge is 0.340 e. The Kier molecular flexibility index (Phi) is 5.12. The highest BCUT2D eigenvalue weighted by Crippen LogP contribution is 2.12. The number of hydrogen-bond donors (Lipinski definition) is 3. The molecule has 138 valence electrons. The second-order valence-corrected chi connectivity index (χ2v) is 6.01. The van der Waals surface area contributed by atoms with Crippen LogP contribution in [0.25, 0.3) is 5.65 Å². The van der Waals surface area contributed by atoms with Crippen molar-refractivity contribution in [1.29, 1.82) is 0 Å². The molecule has 1 unspecified atom stereocenters. The molecule has 3 heterocycles. The van der Waals surface area contributed by atoms with Crippen LogP contribution in [0.5, 0.6) is 0 Å². The summed E-state index contributed by atoms with van der Waals surface area (Å²) in [5.41, 5.74) is 1.45. The van der Waals surface area contributed by atoms with Gasteiger partial charge in [-0.3, -0.25) is 14.7 Å². The molecular weight excluding hydrogens is 336 g/mol. The number of rotatable bonds is 7. The summed E-state index contributed by atoms with van der Waals surface area (Å²) in [4.78, 5) is 32.8. The summed E-state index contributed by atoms with van der Waals surface area (Å²) in [6.45, 7) is 8.63. The predicted octanol–water partition coefficient (Wildman–Crippen LogP) is 0.474. The van der Waals surface area contributed by atoms with E-state index < -0.39 is 11.7 Å². The van der Waals surface area contributed by atoms with E-state index in [4.69, 9.17) is 0 Å². The number of aromatic amines is 2. The summed E-state index contributed by atoms with van der Waals surface area (Å²) in [7, 11) is 0. The number of fused-ring (bicyclic) bond motifs is 1. The molecule has 0 aliphatic heterocycles. The van der Waals surface area contributed by atoms with Gasteiger partial charge in [-0.1, -0.05) is 13.8 Å². The summed E-state index contributed by atoms with van der Waals surface area (Å²) in [5, 5.41) is 13.1. The second-order valence-electron chi connectivity index (χ2n) is 6.01. The normalized spacial score (nSPS) is 12.6. The summed E-state index contributed by atoms with van der Waals surface area (Å²) >= 11 is 0. The van der Waals surface area contributed by atoms with E-state index in [0.717, 1.165) is 25.2 Å². The van der Waals surface area contributed by atoms with Gasteiger partial charge in [0.2, 0.25) is 0 Å². The zero-order valence-electron chi connectivity index (χ0n) is 15.0. The molecule has 0 aliphatic carbocycles. The Balaban J connectivity index is 1.77. The van der Waals surface area contributed by atoms with Crippen LogP contribution in [-0.4, -0.2) is 53.7 Å². The summed E-state index contributed by atoms with van der Waals surface area (Å²) in [5.74, 6) is 0.0228. The molecule has 0 saturated heterocycles. The van der Waals surface area contributed by atoms with Gasteiger partial charge in [0.15, 0.2) is 11.5 Å². The van der Waals surface area contributed by atoms with Crippen molar-refractivity contribution in [2.24, 2.45) is 0 Å². The van der Waals surface area contributed by atoms with Crippen LogP contribution >= 0.6 is 0 Å².